The number of likely N-dealkylation sites (tertiary alicyclic amines) is 1. The highest BCUT2D eigenvalue weighted by Crippen LogP contribution is 2.22. The summed E-state index contributed by atoms with van der Waals surface area (Å²) < 4.78 is 0.805. The van der Waals surface area contributed by atoms with Crippen LogP contribution in [0.15, 0.2) is 28.7 Å². The van der Waals surface area contributed by atoms with Gasteiger partial charge in [0.25, 0.3) is 0 Å². The zero-order valence-corrected chi connectivity index (χ0v) is 13.1. The zero-order valence-electron chi connectivity index (χ0n) is 10.7. The fourth-order valence-corrected chi connectivity index (χ4v) is 2.62. The van der Waals surface area contributed by atoms with Gasteiger partial charge < -0.3 is 10.4 Å². The molecule has 1 saturated heterocycles. The number of amides is 1. The lowest BCUT2D eigenvalue weighted by atomic mass is 10.2. The number of nitrogens with one attached hydrogen (secondary N) is 1. The Kier molecular flexibility index (Phi) is 6.45. The van der Waals surface area contributed by atoms with Crippen molar-refractivity contribution in [3.8, 4) is 0 Å². The fourth-order valence-electron chi connectivity index (χ4n) is 2.23. The van der Waals surface area contributed by atoms with E-state index in [1.807, 2.05) is 18.2 Å². The van der Waals surface area contributed by atoms with Gasteiger partial charge in [0.1, 0.15) is 6.04 Å². The molecule has 1 amide bonds. The number of aliphatic carboxylic acids is 1. The summed E-state index contributed by atoms with van der Waals surface area (Å²) in [5.41, 5.74) is 0.693. The Balaban J connectivity index is 0.00000200. The molecule has 7 heteroatoms. The summed E-state index contributed by atoms with van der Waals surface area (Å²) in [5.74, 6) is -1.05. The molecule has 1 fully saturated rings. The van der Waals surface area contributed by atoms with Crippen LogP contribution in [0.3, 0.4) is 0 Å². The van der Waals surface area contributed by atoms with E-state index in [2.05, 4.69) is 21.2 Å². The molecule has 5 nitrogen and oxygen atoms in total. The molecule has 20 heavy (non-hydrogen) atoms. The number of halogens is 2. The summed E-state index contributed by atoms with van der Waals surface area (Å²) in [6.45, 7) is 0.763. The van der Waals surface area contributed by atoms with Gasteiger partial charge >= 0.3 is 5.97 Å². The van der Waals surface area contributed by atoms with Crippen LogP contribution in [0, 0.1) is 0 Å². The number of carbonyl (C=O) groups excluding carboxylic acids is 1. The number of carboxylic acid groups (broad SMARTS) is 1. The number of nitrogens with zero attached hydrogens (tertiary/aromatic N) is 1. The predicted octanol–water partition coefficient (Wildman–Crippen LogP) is 2.36. The summed E-state index contributed by atoms with van der Waals surface area (Å²) in [4.78, 5) is 24.7. The second kappa shape index (κ2) is 7.61. The van der Waals surface area contributed by atoms with E-state index in [0.717, 1.165) is 10.9 Å². The minimum atomic E-state index is -0.855. The standard InChI is InChI=1S/C13H15BrN2O3.ClH/c14-9-4-1-2-5-10(9)15-12(17)8-16-7-3-6-11(16)13(18)19;/h1-2,4-5,11H,3,6-8H2,(H,15,17)(H,18,19);1H. The molecule has 1 aliphatic heterocycles. The predicted molar refractivity (Wildman–Crippen MR) is 82.3 cm³/mol. The fraction of sp³-hybridized carbons (Fsp3) is 0.385. The van der Waals surface area contributed by atoms with Crippen LogP contribution < -0.4 is 5.32 Å². The van der Waals surface area contributed by atoms with Gasteiger partial charge in [0.2, 0.25) is 5.91 Å². The first-order chi connectivity index (χ1) is 9.08. The first-order valence-electron chi connectivity index (χ1n) is 6.09. The van der Waals surface area contributed by atoms with Gasteiger partial charge in [-0.1, -0.05) is 12.1 Å². The molecule has 0 radical (unpaired) electrons. The van der Waals surface area contributed by atoms with Crippen LogP contribution >= 0.6 is 28.3 Å². The van der Waals surface area contributed by atoms with E-state index in [9.17, 15) is 9.59 Å². The van der Waals surface area contributed by atoms with E-state index >= 15 is 0 Å². The van der Waals surface area contributed by atoms with E-state index in [4.69, 9.17) is 5.11 Å². The summed E-state index contributed by atoms with van der Waals surface area (Å²) in [6, 6.07) is 6.79. The highest BCUT2D eigenvalue weighted by Gasteiger charge is 2.31. The van der Waals surface area contributed by atoms with Gasteiger partial charge in [-0.05, 0) is 47.4 Å². The van der Waals surface area contributed by atoms with Crippen LogP contribution in [0.2, 0.25) is 0 Å². The Morgan fingerprint density at radius 1 is 1.40 bits per heavy atom. The first-order valence-corrected chi connectivity index (χ1v) is 6.88. The molecule has 0 aromatic heterocycles. The maximum absolute atomic E-state index is 11.9. The molecule has 1 atom stereocenters. The first kappa shape index (κ1) is 16.9. The van der Waals surface area contributed by atoms with Gasteiger partial charge in [-0.25, -0.2) is 0 Å². The van der Waals surface area contributed by atoms with Crippen LogP contribution in [0.1, 0.15) is 12.8 Å². The van der Waals surface area contributed by atoms with Gasteiger partial charge in [0, 0.05) is 4.47 Å². The van der Waals surface area contributed by atoms with Crippen molar-refractivity contribution in [3.63, 3.8) is 0 Å². The topological polar surface area (TPSA) is 69.6 Å². The van der Waals surface area contributed by atoms with E-state index in [1.165, 1.54) is 0 Å². The number of rotatable bonds is 4. The van der Waals surface area contributed by atoms with Crippen molar-refractivity contribution in [1.29, 1.82) is 0 Å². The summed E-state index contributed by atoms with van der Waals surface area (Å²) >= 11 is 3.35. The Morgan fingerprint density at radius 3 is 2.75 bits per heavy atom. The van der Waals surface area contributed by atoms with Crippen LogP contribution in [0.25, 0.3) is 0 Å². The molecule has 2 N–H and O–H groups in total. The zero-order chi connectivity index (χ0) is 13.8. The van der Waals surface area contributed by atoms with Gasteiger partial charge in [-0.15, -0.1) is 12.4 Å². The number of benzene rings is 1. The van der Waals surface area contributed by atoms with Gasteiger partial charge in [-0.3, -0.25) is 14.5 Å². The van der Waals surface area contributed by atoms with Crippen molar-refractivity contribution in [2.24, 2.45) is 0 Å². The number of hydrogen-bond donors (Lipinski definition) is 2. The van der Waals surface area contributed by atoms with Gasteiger partial charge in [-0.2, -0.15) is 0 Å². The normalized spacial score (nSPS) is 18.4. The highest BCUT2D eigenvalue weighted by molar-refractivity contribution is 9.10. The number of carboxylic acids is 1. The summed E-state index contributed by atoms with van der Waals surface area (Å²) in [6.07, 6.45) is 1.43. The minimum Gasteiger partial charge on any atom is -0.480 e. The van der Waals surface area contributed by atoms with Gasteiger partial charge in [0.15, 0.2) is 0 Å². The SMILES string of the molecule is Cl.O=C(CN1CCCC1C(=O)O)Nc1ccccc1Br. The molecule has 1 aromatic carbocycles. The van der Waals surface area contributed by atoms with Gasteiger partial charge in [0.05, 0.1) is 12.2 Å². The maximum Gasteiger partial charge on any atom is 0.320 e. The van der Waals surface area contributed by atoms with Crippen molar-refractivity contribution in [3.05, 3.63) is 28.7 Å². The molecule has 0 spiro atoms. The molecule has 1 unspecified atom stereocenters. The van der Waals surface area contributed by atoms with Crippen molar-refractivity contribution < 1.29 is 14.7 Å². The lowest BCUT2D eigenvalue weighted by molar-refractivity contribution is -0.142. The van der Waals surface area contributed by atoms with Crippen molar-refractivity contribution >= 4 is 45.9 Å². The average Bonchev–Trinajstić information content (AvgIpc) is 2.80. The number of para-hydroxylation sites is 1. The molecule has 0 bridgehead atoms. The Hall–Kier alpha value is -1.11. The molecule has 0 saturated carbocycles. The number of carbonyl (C=O) groups is 2. The Morgan fingerprint density at radius 2 is 2.10 bits per heavy atom. The average molecular weight is 364 g/mol. The molecule has 0 aliphatic carbocycles. The van der Waals surface area contributed by atoms with E-state index in [0.29, 0.717) is 18.7 Å². The summed E-state index contributed by atoms with van der Waals surface area (Å²) in [7, 11) is 0. The number of anilines is 1. The van der Waals surface area contributed by atoms with Crippen molar-refractivity contribution in [1.82, 2.24) is 4.90 Å². The van der Waals surface area contributed by atoms with E-state index in [-0.39, 0.29) is 24.9 Å². The Bertz CT molecular complexity index is 498. The molecular formula is C13H16BrClN2O3. The van der Waals surface area contributed by atoms with Crippen LogP contribution in [-0.4, -0.2) is 41.0 Å². The molecule has 1 aliphatic rings. The van der Waals surface area contributed by atoms with Crippen LogP contribution in [0.5, 0.6) is 0 Å². The number of hydrogen-bond acceptors (Lipinski definition) is 3. The molecule has 110 valence electrons. The maximum atomic E-state index is 11.9. The Labute approximate surface area is 131 Å². The lowest BCUT2D eigenvalue weighted by Gasteiger charge is -2.20. The lowest BCUT2D eigenvalue weighted by Crippen LogP contribution is -2.40. The quantitative estimate of drug-likeness (QED) is 0.861. The third-order valence-electron chi connectivity index (χ3n) is 3.14. The van der Waals surface area contributed by atoms with Crippen LogP contribution in [-0.2, 0) is 9.59 Å². The molecule has 1 heterocycles. The van der Waals surface area contributed by atoms with Crippen molar-refractivity contribution in [2.75, 3.05) is 18.4 Å². The third kappa shape index (κ3) is 4.19. The second-order valence-corrected chi connectivity index (χ2v) is 5.35. The monoisotopic (exact) mass is 362 g/mol. The summed E-state index contributed by atoms with van der Waals surface area (Å²) in [5, 5.41) is 11.8. The van der Waals surface area contributed by atoms with E-state index in [1.54, 1.807) is 11.0 Å². The van der Waals surface area contributed by atoms with E-state index < -0.39 is 12.0 Å². The second-order valence-electron chi connectivity index (χ2n) is 4.49. The third-order valence-corrected chi connectivity index (χ3v) is 3.83. The molecule has 2 rings (SSSR count). The largest absolute Gasteiger partial charge is 0.480 e. The molecule has 1 aromatic rings. The smallest absolute Gasteiger partial charge is 0.320 e. The van der Waals surface area contributed by atoms with Crippen molar-refractivity contribution in [2.45, 2.75) is 18.9 Å². The highest BCUT2D eigenvalue weighted by atomic mass is 79.9. The molecular weight excluding hydrogens is 348 g/mol. The minimum absolute atomic E-state index is 0. The van der Waals surface area contributed by atoms with Crippen LogP contribution in [0.4, 0.5) is 5.69 Å².